The van der Waals surface area contributed by atoms with E-state index in [4.69, 9.17) is 4.74 Å². The summed E-state index contributed by atoms with van der Waals surface area (Å²) in [5.74, 6) is 0.172. The molecule has 4 nitrogen and oxygen atoms in total. The minimum absolute atomic E-state index is 0.172. The van der Waals surface area contributed by atoms with Crippen LogP contribution >= 0.6 is 0 Å². The Morgan fingerprint density at radius 3 is 2.92 bits per heavy atom. The molecule has 70 valence electrons. The SMILES string of the molecule is CNCC(=O)N1CCC1COC. The Balaban J connectivity index is 2.27. The van der Waals surface area contributed by atoms with E-state index in [9.17, 15) is 4.79 Å². The van der Waals surface area contributed by atoms with Crippen molar-refractivity contribution in [2.24, 2.45) is 0 Å². The van der Waals surface area contributed by atoms with Crippen molar-refractivity contribution in [1.82, 2.24) is 10.2 Å². The Morgan fingerprint density at radius 2 is 2.50 bits per heavy atom. The molecule has 0 saturated carbocycles. The number of carbonyl (C=O) groups is 1. The molecule has 1 N–H and O–H groups in total. The quantitative estimate of drug-likeness (QED) is 0.619. The molecular formula is C8H16N2O2. The van der Waals surface area contributed by atoms with E-state index in [0.29, 0.717) is 19.2 Å². The molecule has 12 heavy (non-hydrogen) atoms. The van der Waals surface area contributed by atoms with E-state index in [1.165, 1.54) is 0 Å². The van der Waals surface area contributed by atoms with Crippen LogP contribution in [-0.2, 0) is 9.53 Å². The van der Waals surface area contributed by atoms with E-state index in [2.05, 4.69) is 5.32 Å². The van der Waals surface area contributed by atoms with E-state index >= 15 is 0 Å². The van der Waals surface area contributed by atoms with Crippen molar-refractivity contribution in [1.29, 1.82) is 0 Å². The lowest BCUT2D eigenvalue weighted by molar-refractivity contribution is -0.139. The normalized spacial score (nSPS) is 22.2. The Morgan fingerprint density at radius 1 is 1.75 bits per heavy atom. The highest BCUT2D eigenvalue weighted by Crippen LogP contribution is 2.16. The number of nitrogens with zero attached hydrogens (tertiary/aromatic N) is 1. The lowest BCUT2D eigenvalue weighted by Crippen LogP contribution is -2.55. The molecule has 4 heteroatoms. The summed E-state index contributed by atoms with van der Waals surface area (Å²) >= 11 is 0. The van der Waals surface area contributed by atoms with Gasteiger partial charge in [-0.3, -0.25) is 4.79 Å². The maximum Gasteiger partial charge on any atom is 0.236 e. The summed E-state index contributed by atoms with van der Waals surface area (Å²) in [5, 5.41) is 2.85. The minimum atomic E-state index is 0.172. The Hall–Kier alpha value is -0.610. The van der Waals surface area contributed by atoms with Crippen molar-refractivity contribution in [2.45, 2.75) is 12.5 Å². The first-order valence-corrected chi connectivity index (χ1v) is 4.22. The van der Waals surface area contributed by atoms with Gasteiger partial charge in [0, 0.05) is 13.7 Å². The van der Waals surface area contributed by atoms with Crippen molar-refractivity contribution >= 4 is 5.91 Å². The van der Waals surface area contributed by atoms with Crippen LogP contribution in [0.3, 0.4) is 0 Å². The zero-order valence-corrected chi connectivity index (χ0v) is 7.67. The molecule has 1 saturated heterocycles. The number of hydrogen-bond acceptors (Lipinski definition) is 3. The summed E-state index contributed by atoms with van der Waals surface area (Å²) < 4.78 is 4.99. The largest absolute Gasteiger partial charge is 0.383 e. The second-order valence-corrected chi connectivity index (χ2v) is 3.02. The highest BCUT2D eigenvalue weighted by Gasteiger charge is 2.30. The van der Waals surface area contributed by atoms with Crippen molar-refractivity contribution in [2.75, 3.05) is 33.9 Å². The van der Waals surface area contributed by atoms with Gasteiger partial charge in [0.15, 0.2) is 0 Å². The highest BCUT2D eigenvalue weighted by atomic mass is 16.5. The topological polar surface area (TPSA) is 41.6 Å². The molecule has 1 unspecified atom stereocenters. The first kappa shape index (κ1) is 9.48. The number of nitrogens with one attached hydrogen (secondary N) is 1. The van der Waals surface area contributed by atoms with E-state index < -0.39 is 0 Å². The summed E-state index contributed by atoms with van der Waals surface area (Å²) in [6.07, 6.45) is 1.07. The number of likely N-dealkylation sites (tertiary alicyclic amines) is 1. The van der Waals surface area contributed by atoms with Gasteiger partial charge in [0.1, 0.15) is 0 Å². The van der Waals surface area contributed by atoms with Gasteiger partial charge in [-0.2, -0.15) is 0 Å². The molecule has 0 radical (unpaired) electrons. The van der Waals surface area contributed by atoms with Crippen molar-refractivity contribution in [3.8, 4) is 0 Å². The number of carbonyl (C=O) groups excluding carboxylic acids is 1. The van der Waals surface area contributed by atoms with Crippen LogP contribution in [0, 0.1) is 0 Å². The van der Waals surface area contributed by atoms with E-state index in [0.717, 1.165) is 13.0 Å². The molecule has 0 aromatic heterocycles. The summed E-state index contributed by atoms with van der Waals surface area (Å²) in [5.41, 5.74) is 0. The Labute approximate surface area is 72.9 Å². The lowest BCUT2D eigenvalue weighted by Gasteiger charge is -2.40. The maximum atomic E-state index is 11.3. The molecule has 1 rings (SSSR count). The predicted molar refractivity (Wildman–Crippen MR) is 45.9 cm³/mol. The van der Waals surface area contributed by atoms with Crippen molar-refractivity contribution in [3.63, 3.8) is 0 Å². The zero-order valence-electron chi connectivity index (χ0n) is 7.67. The number of hydrogen-bond donors (Lipinski definition) is 1. The van der Waals surface area contributed by atoms with Crippen molar-refractivity contribution < 1.29 is 9.53 Å². The smallest absolute Gasteiger partial charge is 0.236 e. The first-order valence-electron chi connectivity index (χ1n) is 4.22. The number of methoxy groups -OCH3 is 1. The second kappa shape index (κ2) is 4.42. The maximum absolute atomic E-state index is 11.3. The average Bonchev–Trinajstić information content (AvgIpc) is 1.98. The van der Waals surface area contributed by atoms with E-state index in [1.54, 1.807) is 14.2 Å². The zero-order chi connectivity index (χ0) is 8.97. The molecule has 1 heterocycles. The number of likely N-dealkylation sites (N-methyl/N-ethyl adjacent to an activating group) is 1. The van der Waals surface area contributed by atoms with Gasteiger partial charge in [-0.1, -0.05) is 0 Å². The van der Waals surface area contributed by atoms with Crippen LogP contribution < -0.4 is 5.32 Å². The first-order chi connectivity index (χ1) is 5.79. The van der Waals surface area contributed by atoms with Crippen molar-refractivity contribution in [3.05, 3.63) is 0 Å². The summed E-state index contributed by atoms with van der Waals surface area (Å²) in [6.45, 7) is 1.98. The molecule has 1 aliphatic heterocycles. The number of amides is 1. The molecule has 1 atom stereocenters. The monoisotopic (exact) mass is 172 g/mol. The standard InChI is InChI=1S/C8H16N2O2/c1-9-5-8(11)10-4-3-7(10)6-12-2/h7,9H,3-6H2,1-2H3. The Bertz CT molecular complexity index is 161. The third-order valence-corrected chi connectivity index (χ3v) is 2.15. The van der Waals surface area contributed by atoms with Gasteiger partial charge in [-0.05, 0) is 13.5 Å². The van der Waals surface area contributed by atoms with E-state index in [-0.39, 0.29) is 5.91 Å². The van der Waals surface area contributed by atoms with Crippen LogP contribution in [0.1, 0.15) is 6.42 Å². The molecule has 0 aromatic carbocycles. The van der Waals surface area contributed by atoms with Gasteiger partial charge in [-0.15, -0.1) is 0 Å². The summed E-state index contributed by atoms with van der Waals surface area (Å²) in [4.78, 5) is 13.2. The molecular weight excluding hydrogens is 156 g/mol. The average molecular weight is 172 g/mol. The van der Waals surface area contributed by atoms with Gasteiger partial charge >= 0.3 is 0 Å². The van der Waals surface area contributed by atoms with Crippen LogP contribution in [0.2, 0.25) is 0 Å². The number of rotatable bonds is 4. The van der Waals surface area contributed by atoms with Gasteiger partial charge < -0.3 is 15.0 Å². The third-order valence-electron chi connectivity index (χ3n) is 2.15. The van der Waals surface area contributed by atoms with Gasteiger partial charge in [-0.25, -0.2) is 0 Å². The molecule has 1 amide bonds. The molecule has 1 aliphatic rings. The summed E-state index contributed by atoms with van der Waals surface area (Å²) in [6, 6.07) is 0.316. The summed E-state index contributed by atoms with van der Waals surface area (Å²) in [7, 11) is 3.45. The van der Waals surface area contributed by atoms with Crippen LogP contribution in [0.25, 0.3) is 0 Å². The van der Waals surface area contributed by atoms with Crippen LogP contribution in [0.4, 0.5) is 0 Å². The highest BCUT2D eigenvalue weighted by molar-refractivity contribution is 5.79. The van der Waals surface area contributed by atoms with Gasteiger partial charge in [0.25, 0.3) is 0 Å². The predicted octanol–water partition coefficient (Wildman–Crippen LogP) is -0.547. The van der Waals surface area contributed by atoms with Crippen LogP contribution in [-0.4, -0.2) is 50.7 Å². The van der Waals surface area contributed by atoms with Gasteiger partial charge in [0.05, 0.1) is 19.2 Å². The molecule has 0 aliphatic carbocycles. The fourth-order valence-corrected chi connectivity index (χ4v) is 1.39. The minimum Gasteiger partial charge on any atom is -0.383 e. The van der Waals surface area contributed by atoms with E-state index in [1.807, 2.05) is 4.90 Å². The van der Waals surface area contributed by atoms with Gasteiger partial charge in [0.2, 0.25) is 5.91 Å². The lowest BCUT2D eigenvalue weighted by atomic mass is 10.0. The second-order valence-electron chi connectivity index (χ2n) is 3.02. The fourth-order valence-electron chi connectivity index (χ4n) is 1.39. The number of ether oxygens (including phenoxy) is 1. The molecule has 1 fully saturated rings. The van der Waals surface area contributed by atoms with Crippen LogP contribution in [0.5, 0.6) is 0 Å². The fraction of sp³-hybridized carbons (Fsp3) is 0.875. The molecule has 0 bridgehead atoms. The Kier molecular flexibility index (Phi) is 3.49. The molecule has 0 aromatic rings. The third kappa shape index (κ3) is 1.95. The van der Waals surface area contributed by atoms with Crippen LogP contribution in [0.15, 0.2) is 0 Å². The molecule has 0 spiro atoms.